The molecule has 1 aromatic heterocycles. The van der Waals surface area contributed by atoms with Crippen molar-refractivity contribution in [3.05, 3.63) is 11.3 Å². The van der Waals surface area contributed by atoms with E-state index in [4.69, 9.17) is 5.73 Å². The first-order valence-electron chi connectivity index (χ1n) is 5.70. The van der Waals surface area contributed by atoms with Crippen molar-refractivity contribution in [3.63, 3.8) is 0 Å². The first-order valence-corrected chi connectivity index (χ1v) is 5.70. The van der Waals surface area contributed by atoms with Gasteiger partial charge in [0.25, 0.3) is 0 Å². The number of nitrogen functional groups attached to an aromatic ring is 1. The number of nitrogens with two attached hydrogens (primary N) is 1. The maximum atomic E-state index is 5.70. The molecule has 0 bridgehead atoms. The number of aromatic nitrogens is 2. The van der Waals surface area contributed by atoms with Gasteiger partial charge in [-0.2, -0.15) is 4.98 Å². The van der Waals surface area contributed by atoms with E-state index in [1.807, 2.05) is 0 Å². The van der Waals surface area contributed by atoms with E-state index in [9.17, 15) is 0 Å². The SMILES string of the molecule is CCCc1nc(N)nc2c1CCCCN2. The van der Waals surface area contributed by atoms with Gasteiger partial charge in [-0.05, 0) is 25.7 Å². The Bertz CT molecular complexity index is 349. The van der Waals surface area contributed by atoms with Gasteiger partial charge >= 0.3 is 0 Å². The van der Waals surface area contributed by atoms with Crippen LogP contribution in [0, 0.1) is 0 Å². The molecule has 4 heteroatoms. The van der Waals surface area contributed by atoms with Crippen molar-refractivity contribution in [2.45, 2.75) is 39.0 Å². The van der Waals surface area contributed by atoms with Gasteiger partial charge < -0.3 is 11.1 Å². The van der Waals surface area contributed by atoms with Crippen molar-refractivity contribution >= 4 is 11.8 Å². The molecule has 1 aromatic rings. The summed E-state index contributed by atoms with van der Waals surface area (Å²) >= 11 is 0. The van der Waals surface area contributed by atoms with Crippen LogP contribution in [0.2, 0.25) is 0 Å². The number of hydrogen-bond acceptors (Lipinski definition) is 4. The molecular weight excluding hydrogens is 188 g/mol. The molecule has 0 saturated heterocycles. The van der Waals surface area contributed by atoms with E-state index in [2.05, 4.69) is 22.2 Å². The molecule has 82 valence electrons. The zero-order chi connectivity index (χ0) is 10.7. The van der Waals surface area contributed by atoms with E-state index in [0.717, 1.165) is 37.3 Å². The molecule has 0 spiro atoms. The number of rotatable bonds is 2. The second kappa shape index (κ2) is 4.47. The average molecular weight is 206 g/mol. The van der Waals surface area contributed by atoms with Gasteiger partial charge in [0.05, 0.1) is 5.69 Å². The van der Waals surface area contributed by atoms with E-state index >= 15 is 0 Å². The molecule has 0 radical (unpaired) electrons. The van der Waals surface area contributed by atoms with Gasteiger partial charge in [0, 0.05) is 12.1 Å². The van der Waals surface area contributed by atoms with E-state index in [1.54, 1.807) is 0 Å². The van der Waals surface area contributed by atoms with E-state index in [1.165, 1.54) is 18.4 Å². The number of nitrogens with one attached hydrogen (secondary N) is 1. The highest BCUT2D eigenvalue weighted by Gasteiger charge is 2.14. The van der Waals surface area contributed by atoms with Crippen LogP contribution in [-0.2, 0) is 12.8 Å². The third-order valence-corrected chi connectivity index (χ3v) is 2.74. The van der Waals surface area contributed by atoms with Crippen LogP contribution in [0.5, 0.6) is 0 Å². The molecule has 0 amide bonds. The van der Waals surface area contributed by atoms with Gasteiger partial charge in [0.15, 0.2) is 0 Å². The Morgan fingerprint density at radius 3 is 3.00 bits per heavy atom. The summed E-state index contributed by atoms with van der Waals surface area (Å²) in [5.41, 5.74) is 8.12. The maximum absolute atomic E-state index is 5.70. The van der Waals surface area contributed by atoms with Crippen molar-refractivity contribution in [2.24, 2.45) is 0 Å². The number of anilines is 2. The topological polar surface area (TPSA) is 63.8 Å². The summed E-state index contributed by atoms with van der Waals surface area (Å²) in [4.78, 5) is 8.62. The van der Waals surface area contributed by atoms with Crippen molar-refractivity contribution < 1.29 is 0 Å². The lowest BCUT2D eigenvalue weighted by Gasteiger charge is -2.11. The summed E-state index contributed by atoms with van der Waals surface area (Å²) in [7, 11) is 0. The van der Waals surface area contributed by atoms with Crippen molar-refractivity contribution in [1.29, 1.82) is 0 Å². The molecule has 0 atom stereocenters. The zero-order valence-corrected chi connectivity index (χ0v) is 9.21. The average Bonchev–Trinajstić information content (AvgIpc) is 2.43. The van der Waals surface area contributed by atoms with Crippen LogP contribution in [0.4, 0.5) is 11.8 Å². The highest BCUT2D eigenvalue weighted by atomic mass is 15.1. The summed E-state index contributed by atoms with van der Waals surface area (Å²) in [6.07, 6.45) is 5.59. The third kappa shape index (κ3) is 2.19. The molecule has 1 aliphatic heterocycles. The summed E-state index contributed by atoms with van der Waals surface area (Å²) in [6, 6.07) is 0. The smallest absolute Gasteiger partial charge is 0.222 e. The fourth-order valence-electron chi connectivity index (χ4n) is 2.04. The van der Waals surface area contributed by atoms with E-state index in [0.29, 0.717) is 5.95 Å². The molecule has 0 aliphatic carbocycles. The highest BCUT2D eigenvalue weighted by Crippen LogP contribution is 2.23. The molecule has 0 aromatic carbocycles. The lowest BCUT2D eigenvalue weighted by molar-refractivity contribution is 0.769. The van der Waals surface area contributed by atoms with Crippen molar-refractivity contribution in [3.8, 4) is 0 Å². The Balaban J connectivity index is 2.40. The normalized spacial score (nSPS) is 15.3. The zero-order valence-electron chi connectivity index (χ0n) is 9.21. The predicted molar refractivity (Wildman–Crippen MR) is 61.9 cm³/mol. The van der Waals surface area contributed by atoms with Gasteiger partial charge in [-0.1, -0.05) is 13.3 Å². The van der Waals surface area contributed by atoms with Crippen LogP contribution in [-0.4, -0.2) is 16.5 Å². The molecule has 15 heavy (non-hydrogen) atoms. The number of fused-ring (bicyclic) bond motifs is 1. The fourth-order valence-corrected chi connectivity index (χ4v) is 2.04. The van der Waals surface area contributed by atoms with Gasteiger partial charge in [0.2, 0.25) is 5.95 Å². The first-order chi connectivity index (χ1) is 7.31. The molecule has 1 aliphatic rings. The van der Waals surface area contributed by atoms with Crippen LogP contribution >= 0.6 is 0 Å². The summed E-state index contributed by atoms with van der Waals surface area (Å²) in [6.45, 7) is 3.16. The second-order valence-electron chi connectivity index (χ2n) is 3.99. The minimum Gasteiger partial charge on any atom is -0.370 e. The molecule has 2 heterocycles. The van der Waals surface area contributed by atoms with Crippen LogP contribution in [0.1, 0.15) is 37.4 Å². The summed E-state index contributed by atoms with van der Waals surface area (Å²) in [5, 5.41) is 3.33. The monoisotopic (exact) mass is 206 g/mol. The standard InChI is InChI=1S/C11H18N4/c1-2-5-9-8-6-3-4-7-13-10(8)15-11(12)14-9/h2-7H2,1H3,(H3,12,13,14,15). The van der Waals surface area contributed by atoms with Crippen LogP contribution in [0.25, 0.3) is 0 Å². The van der Waals surface area contributed by atoms with Crippen molar-refractivity contribution in [1.82, 2.24) is 9.97 Å². The van der Waals surface area contributed by atoms with Crippen LogP contribution in [0.15, 0.2) is 0 Å². The minimum atomic E-state index is 0.395. The second-order valence-corrected chi connectivity index (χ2v) is 3.99. The molecule has 0 saturated carbocycles. The van der Waals surface area contributed by atoms with Crippen LogP contribution in [0.3, 0.4) is 0 Å². The van der Waals surface area contributed by atoms with E-state index < -0.39 is 0 Å². The minimum absolute atomic E-state index is 0.395. The third-order valence-electron chi connectivity index (χ3n) is 2.74. The Morgan fingerprint density at radius 1 is 1.33 bits per heavy atom. The van der Waals surface area contributed by atoms with Crippen molar-refractivity contribution in [2.75, 3.05) is 17.6 Å². The van der Waals surface area contributed by atoms with Gasteiger partial charge in [-0.25, -0.2) is 4.98 Å². The largest absolute Gasteiger partial charge is 0.370 e. The Labute approximate surface area is 90.3 Å². The molecule has 4 nitrogen and oxygen atoms in total. The number of nitrogens with zero attached hydrogens (tertiary/aromatic N) is 2. The Morgan fingerprint density at radius 2 is 2.20 bits per heavy atom. The fraction of sp³-hybridized carbons (Fsp3) is 0.636. The lowest BCUT2D eigenvalue weighted by Crippen LogP contribution is -2.09. The van der Waals surface area contributed by atoms with Gasteiger partial charge in [0.1, 0.15) is 5.82 Å². The van der Waals surface area contributed by atoms with Gasteiger partial charge in [-0.3, -0.25) is 0 Å². The lowest BCUT2D eigenvalue weighted by atomic mass is 10.1. The molecular formula is C11H18N4. The summed E-state index contributed by atoms with van der Waals surface area (Å²) < 4.78 is 0. The number of hydrogen-bond donors (Lipinski definition) is 2. The van der Waals surface area contributed by atoms with Crippen LogP contribution < -0.4 is 11.1 Å². The van der Waals surface area contributed by atoms with Gasteiger partial charge in [-0.15, -0.1) is 0 Å². The Kier molecular flexibility index (Phi) is 3.04. The maximum Gasteiger partial charge on any atom is 0.222 e. The Hall–Kier alpha value is -1.32. The first kappa shape index (κ1) is 10.2. The molecule has 0 unspecified atom stereocenters. The quantitative estimate of drug-likeness (QED) is 0.774. The predicted octanol–water partition coefficient (Wildman–Crippen LogP) is 1.76. The molecule has 3 N–H and O–H groups in total. The summed E-state index contributed by atoms with van der Waals surface area (Å²) in [5.74, 6) is 1.36. The van der Waals surface area contributed by atoms with E-state index in [-0.39, 0.29) is 0 Å². The highest BCUT2D eigenvalue weighted by molar-refractivity contribution is 5.50. The number of aryl methyl sites for hydroxylation is 1. The molecule has 0 fully saturated rings. The molecule has 2 rings (SSSR count).